The molecular formula is C17H18F6N2O4. The van der Waals surface area contributed by atoms with Gasteiger partial charge in [0.25, 0.3) is 0 Å². The summed E-state index contributed by atoms with van der Waals surface area (Å²) in [6, 6.07) is -0.366. The summed E-state index contributed by atoms with van der Waals surface area (Å²) in [4.78, 5) is 23.5. The van der Waals surface area contributed by atoms with E-state index in [1.807, 2.05) is 5.32 Å². The average molecular weight is 428 g/mol. The number of methoxy groups -OCH3 is 1. The van der Waals surface area contributed by atoms with Crippen LogP contribution in [0.2, 0.25) is 0 Å². The Morgan fingerprint density at radius 2 is 1.76 bits per heavy atom. The van der Waals surface area contributed by atoms with Crippen LogP contribution in [0.1, 0.15) is 28.8 Å². The molecule has 1 atom stereocenters. The van der Waals surface area contributed by atoms with Gasteiger partial charge in [-0.3, -0.25) is 0 Å². The molecule has 1 fully saturated rings. The number of hydrogen-bond acceptors (Lipinski definition) is 4. The van der Waals surface area contributed by atoms with Crippen LogP contribution in [-0.2, 0) is 10.9 Å². The van der Waals surface area contributed by atoms with Crippen LogP contribution in [0.25, 0.3) is 0 Å². The number of amides is 1. The highest BCUT2D eigenvalue weighted by molar-refractivity contribution is 5.90. The molecule has 1 aliphatic heterocycles. The van der Waals surface area contributed by atoms with E-state index in [1.165, 1.54) is 0 Å². The number of hydrogen-bond donors (Lipinski definition) is 2. The fourth-order valence-electron chi connectivity index (χ4n) is 3.21. The molecule has 0 saturated carbocycles. The van der Waals surface area contributed by atoms with Crippen LogP contribution in [0.3, 0.4) is 0 Å². The molecule has 0 spiro atoms. The molecule has 1 aromatic carbocycles. The van der Waals surface area contributed by atoms with Gasteiger partial charge in [0.05, 0.1) is 18.2 Å². The minimum Gasteiger partial charge on any atom is -0.465 e. The second-order valence-corrected chi connectivity index (χ2v) is 6.52. The largest absolute Gasteiger partial charge is 0.465 e. The van der Waals surface area contributed by atoms with E-state index in [2.05, 4.69) is 4.74 Å². The predicted molar refractivity (Wildman–Crippen MR) is 88.6 cm³/mol. The normalized spacial score (nSPS) is 17.0. The number of carbonyl (C=O) groups is 2. The number of likely N-dealkylation sites (tertiary alicyclic amines) is 1. The Hall–Kier alpha value is -2.66. The molecule has 0 bridgehead atoms. The molecular weight excluding hydrogens is 410 g/mol. The summed E-state index contributed by atoms with van der Waals surface area (Å²) in [5.41, 5.74) is -2.60. The standard InChI is InChI=1S/C17H18F6N2O4/c1-29-14(26)10-2-3-11(16(18,19)20)12(8-10)24-13(17(21,22)23)9-4-6-25(7-5-9)15(27)28/h2-3,8-9,13,24H,4-7H2,1H3,(H,27,28)/t13-/m0/s1. The lowest BCUT2D eigenvalue weighted by Gasteiger charge is -2.36. The lowest BCUT2D eigenvalue weighted by molar-refractivity contribution is -0.157. The van der Waals surface area contributed by atoms with Crippen molar-refractivity contribution in [1.82, 2.24) is 4.90 Å². The van der Waals surface area contributed by atoms with Crippen LogP contribution >= 0.6 is 0 Å². The highest BCUT2D eigenvalue weighted by atomic mass is 19.4. The average Bonchev–Trinajstić information content (AvgIpc) is 2.63. The van der Waals surface area contributed by atoms with Gasteiger partial charge < -0.3 is 20.1 Å². The van der Waals surface area contributed by atoms with Gasteiger partial charge in [-0.1, -0.05) is 0 Å². The van der Waals surface area contributed by atoms with Crippen molar-refractivity contribution in [2.45, 2.75) is 31.2 Å². The van der Waals surface area contributed by atoms with E-state index in [0.29, 0.717) is 12.1 Å². The number of anilines is 1. The molecule has 0 aromatic heterocycles. The third-order valence-corrected chi connectivity index (χ3v) is 4.69. The number of benzene rings is 1. The van der Waals surface area contributed by atoms with Gasteiger partial charge in [-0.15, -0.1) is 0 Å². The van der Waals surface area contributed by atoms with Crippen LogP contribution in [0.4, 0.5) is 36.8 Å². The van der Waals surface area contributed by atoms with Crippen molar-refractivity contribution in [2.24, 2.45) is 5.92 Å². The third kappa shape index (κ3) is 5.45. The lowest BCUT2D eigenvalue weighted by Crippen LogP contribution is -2.48. The van der Waals surface area contributed by atoms with E-state index >= 15 is 0 Å². The van der Waals surface area contributed by atoms with Crippen molar-refractivity contribution >= 4 is 17.7 Å². The maximum Gasteiger partial charge on any atom is 0.418 e. The zero-order valence-corrected chi connectivity index (χ0v) is 15.1. The summed E-state index contributed by atoms with van der Waals surface area (Å²) in [6.07, 6.45) is -11.5. The molecule has 2 N–H and O–H groups in total. The van der Waals surface area contributed by atoms with Gasteiger partial charge in [0, 0.05) is 18.8 Å². The van der Waals surface area contributed by atoms with E-state index in [1.54, 1.807) is 0 Å². The fourth-order valence-corrected chi connectivity index (χ4v) is 3.21. The Morgan fingerprint density at radius 1 is 1.17 bits per heavy atom. The SMILES string of the molecule is COC(=O)c1ccc(C(F)(F)F)c(N[C@@H](C2CCN(C(=O)O)CC2)C(F)(F)F)c1. The Bertz CT molecular complexity index is 757. The number of nitrogens with zero attached hydrogens (tertiary/aromatic N) is 1. The lowest BCUT2D eigenvalue weighted by atomic mass is 9.88. The van der Waals surface area contributed by atoms with Gasteiger partial charge >= 0.3 is 24.4 Å². The van der Waals surface area contributed by atoms with Crippen LogP contribution in [0.5, 0.6) is 0 Å². The Kier molecular flexibility index (Phi) is 6.53. The number of piperidine rings is 1. The van der Waals surface area contributed by atoms with E-state index in [-0.39, 0.29) is 31.5 Å². The first-order chi connectivity index (χ1) is 13.3. The number of nitrogens with one attached hydrogen (secondary N) is 1. The van der Waals surface area contributed by atoms with Crippen molar-refractivity contribution in [2.75, 3.05) is 25.5 Å². The van der Waals surface area contributed by atoms with Gasteiger partial charge in [-0.25, -0.2) is 9.59 Å². The molecule has 0 unspecified atom stereocenters. The second-order valence-electron chi connectivity index (χ2n) is 6.52. The number of ether oxygens (including phenoxy) is 1. The van der Waals surface area contributed by atoms with Crippen molar-refractivity contribution in [3.63, 3.8) is 0 Å². The van der Waals surface area contributed by atoms with Crippen molar-refractivity contribution < 1.29 is 45.8 Å². The molecule has 1 aromatic rings. The molecule has 29 heavy (non-hydrogen) atoms. The molecule has 162 valence electrons. The summed E-state index contributed by atoms with van der Waals surface area (Å²) in [7, 11) is 0.988. The van der Waals surface area contributed by atoms with Crippen LogP contribution in [-0.4, -0.2) is 54.5 Å². The minimum atomic E-state index is -4.96. The Balaban J connectivity index is 2.37. The monoisotopic (exact) mass is 428 g/mol. The summed E-state index contributed by atoms with van der Waals surface area (Å²) in [6.45, 7) is -0.328. The van der Waals surface area contributed by atoms with E-state index in [4.69, 9.17) is 5.11 Å². The topological polar surface area (TPSA) is 78.9 Å². The fraction of sp³-hybridized carbons (Fsp3) is 0.529. The highest BCUT2D eigenvalue weighted by Crippen LogP contribution is 2.39. The van der Waals surface area contributed by atoms with Crippen LogP contribution in [0, 0.1) is 5.92 Å². The molecule has 0 radical (unpaired) electrons. The molecule has 1 amide bonds. The van der Waals surface area contributed by atoms with Gasteiger partial charge in [0.2, 0.25) is 0 Å². The van der Waals surface area contributed by atoms with Gasteiger partial charge in [-0.05, 0) is 37.0 Å². The number of carboxylic acid groups (broad SMARTS) is 1. The summed E-state index contributed by atoms with van der Waals surface area (Å²) >= 11 is 0. The number of carbonyl (C=O) groups excluding carboxylic acids is 1. The molecule has 2 rings (SSSR count). The Morgan fingerprint density at radius 3 is 2.21 bits per heavy atom. The minimum absolute atomic E-state index is 0.164. The van der Waals surface area contributed by atoms with Crippen LogP contribution in [0.15, 0.2) is 18.2 Å². The number of rotatable bonds is 4. The van der Waals surface area contributed by atoms with E-state index in [9.17, 15) is 35.9 Å². The van der Waals surface area contributed by atoms with Gasteiger partial charge in [-0.2, -0.15) is 26.3 Å². The first kappa shape index (κ1) is 22.6. The van der Waals surface area contributed by atoms with Crippen molar-refractivity contribution in [3.05, 3.63) is 29.3 Å². The quantitative estimate of drug-likeness (QED) is 0.555. The smallest absolute Gasteiger partial charge is 0.418 e. The molecule has 1 saturated heterocycles. The van der Waals surface area contributed by atoms with Gasteiger partial charge in [0.1, 0.15) is 6.04 Å². The maximum absolute atomic E-state index is 13.6. The number of esters is 1. The first-order valence-electron chi connectivity index (χ1n) is 8.45. The highest BCUT2D eigenvalue weighted by Gasteiger charge is 2.47. The van der Waals surface area contributed by atoms with E-state index in [0.717, 1.165) is 18.1 Å². The first-order valence-corrected chi connectivity index (χ1v) is 8.45. The Labute approximate surface area is 161 Å². The van der Waals surface area contributed by atoms with Crippen molar-refractivity contribution in [3.8, 4) is 0 Å². The molecule has 0 aliphatic carbocycles. The maximum atomic E-state index is 13.6. The second kappa shape index (κ2) is 8.37. The zero-order chi connectivity index (χ0) is 22.0. The molecule has 1 aliphatic rings. The molecule has 12 heteroatoms. The number of halogens is 6. The summed E-state index contributed by atoms with van der Waals surface area (Å²) < 4.78 is 85.2. The predicted octanol–water partition coefficient (Wildman–Crippen LogP) is 4.22. The molecule has 6 nitrogen and oxygen atoms in total. The van der Waals surface area contributed by atoms with Gasteiger partial charge in [0.15, 0.2) is 0 Å². The number of alkyl halides is 6. The summed E-state index contributed by atoms with van der Waals surface area (Å²) in [5, 5.41) is 10.8. The summed E-state index contributed by atoms with van der Waals surface area (Å²) in [5.74, 6) is -2.14. The zero-order valence-electron chi connectivity index (χ0n) is 15.1. The third-order valence-electron chi connectivity index (χ3n) is 4.69. The van der Waals surface area contributed by atoms with Crippen LogP contribution < -0.4 is 5.32 Å². The van der Waals surface area contributed by atoms with E-state index < -0.39 is 47.6 Å². The van der Waals surface area contributed by atoms with Crippen molar-refractivity contribution in [1.29, 1.82) is 0 Å². The molecule has 1 heterocycles.